The SMILES string of the molecule is CCCNC(=O)CNC(=O)CN[C@@H](c1ccc(CC)cc1)C(C)C. The van der Waals surface area contributed by atoms with Crippen LogP contribution in [0, 0.1) is 5.92 Å². The third-order valence-electron chi connectivity index (χ3n) is 3.91. The van der Waals surface area contributed by atoms with Gasteiger partial charge in [0.1, 0.15) is 0 Å². The average molecular weight is 333 g/mol. The normalized spacial score (nSPS) is 12.0. The standard InChI is InChI=1S/C19H31N3O2/c1-5-11-20-17(23)12-21-18(24)13-22-19(14(3)4)16-9-7-15(6-2)8-10-16/h7-10,14,19,22H,5-6,11-13H2,1-4H3,(H,20,23)(H,21,24)/t19-/m1/s1. The van der Waals surface area contributed by atoms with Crippen molar-refractivity contribution in [3.05, 3.63) is 35.4 Å². The monoisotopic (exact) mass is 333 g/mol. The van der Waals surface area contributed by atoms with Crippen molar-refractivity contribution in [3.8, 4) is 0 Å². The molecule has 0 saturated carbocycles. The van der Waals surface area contributed by atoms with Crippen LogP contribution in [0.4, 0.5) is 0 Å². The Morgan fingerprint density at radius 3 is 2.12 bits per heavy atom. The van der Waals surface area contributed by atoms with Gasteiger partial charge in [-0.15, -0.1) is 0 Å². The quantitative estimate of drug-likeness (QED) is 0.615. The molecule has 2 amide bonds. The second kappa shape index (κ2) is 10.8. The Bertz CT molecular complexity index is 512. The van der Waals surface area contributed by atoms with Gasteiger partial charge in [-0.3, -0.25) is 9.59 Å². The van der Waals surface area contributed by atoms with Gasteiger partial charge >= 0.3 is 0 Å². The van der Waals surface area contributed by atoms with Gasteiger partial charge in [-0.2, -0.15) is 0 Å². The van der Waals surface area contributed by atoms with E-state index < -0.39 is 0 Å². The number of rotatable bonds is 10. The molecule has 0 aromatic heterocycles. The van der Waals surface area contributed by atoms with E-state index in [-0.39, 0.29) is 30.9 Å². The van der Waals surface area contributed by atoms with Crippen LogP contribution in [0.25, 0.3) is 0 Å². The van der Waals surface area contributed by atoms with Crippen molar-refractivity contribution in [1.29, 1.82) is 0 Å². The van der Waals surface area contributed by atoms with Crippen LogP contribution < -0.4 is 16.0 Å². The van der Waals surface area contributed by atoms with Gasteiger partial charge in [0.2, 0.25) is 11.8 Å². The highest BCUT2D eigenvalue weighted by Crippen LogP contribution is 2.21. The number of hydrogen-bond acceptors (Lipinski definition) is 3. The largest absolute Gasteiger partial charge is 0.355 e. The molecule has 5 nitrogen and oxygen atoms in total. The summed E-state index contributed by atoms with van der Waals surface area (Å²) in [5.74, 6) is 0.0383. The molecule has 1 atom stereocenters. The number of carbonyl (C=O) groups is 2. The van der Waals surface area contributed by atoms with Crippen molar-refractivity contribution < 1.29 is 9.59 Å². The predicted octanol–water partition coefficient (Wildman–Crippen LogP) is 2.18. The Morgan fingerprint density at radius 1 is 0.958 bits per heavy atom. The first-order valence-corrected chi connectivity index (χ1v) is 8.83. The van der Waals surface area contributed by atoms with Crippen molar-refractivity contribution in [3.63, 3.8) is 0 Å². The third kappa shape index (κ3) is 7.13. The van der Waals surface area contributed by atoms with E-state index in [0.717, 1.165) is 12.8 Å². The number of benzene rings is 1. The van der Waals surface area contributed by atoms with Crippen LogP contribution >= 0.6 is 0 Å². The molecule has 3 N–H and O–H groups in total. The lowest BCUT2D eigenvalue weighted by molar-refractivity contribution is -0.125. The Hall–Kier alpha value is -1.88. The average Bonchev–Trinajstić information content (AvgIpc) is 2.58. The minimum Gasteiger partial charge on any atom is -0.355 e. The molecule has 1 aromatic rings. The summed E-state index contributed by atoms with van der Waals surface area (Å²) in [7, 11) is 0. The summed E-state index contributed by atoms with van der Waals surface area (Å²) in [6.45, 7) is 9.23. The molecule has 0 spiro atoms. The van der Waals surface area contributed by atoms with E-state index in [9.17, 15) is 9.59 Å². The van der Waals surface area contributed by atoms with Gasteiger partial charge in [-0.25, -0.2) is 0 Å². The Morgan fingerprint density at radius 2 is 1.58 bits per heavy atom. The number of nitrogens with one attached hydrogen (secondary N) is 3. The van der Waals surface area contributed by atoms with Crippen LogP contribution in [0.15, 0.2) is 24.3 Å². The molecule has 1 aromatic carbocycles. The fourth-order valence-electron chi connectivity index (χ4n) is 2.47. The molecule has 0 aliphatic rings. The van der Waals surface area contributed by atoms with Crippen molar-refractivity contribution >= 4 is 11.8 Å². The van der Waals surface area contributed by atoms with E-state index >= 15 is 0 Å². The molecule has 0 aliphatic carbocycles. The summed E-state index contributed by atoms with van der Waals surface area (Å²) < 4.78 is 0. The summed E-state index contributed by atoms with van der Waals surface area (Å²) in [6, 6.07) is 8.60. The summed E-state index contributed by atoms with van der Waals surface area (Å²) in [6.07, 6.45) is 1.90. The predicted molar refractivity (Wildman–Crippen MR) is 97.7 cm³/mol. The number of carbonyl (C=O) groups excluding carboxylic acids is 2. The molecule has 0 aliphatic heterocycles. The molecular formula is C19H31N3O2. The van der Waals surface area contributed by atoms with Gasteiger partial charge in [0, 0.05) is 12.6 Å². The number of amides is 2. The van der Waals surface area contributed by atoms with E-state index in [1.165, 1.54) is 11.1 Å². The maximum absolute atomic E-state index is 11.9. The third-order valence-corrected chi connectivity index (χ3v) is 3.91. The van der Waals surface area contributed by atoms with Gasteiger partial charge < -0.3 is 16.0 Å². The van der Waals surface area contributed by atoms with Crippen molar-refractivity contribution in [2.75, 3.05) is 19.6 Å². The summed E-state index contributed by atoms with van der Waals surface area (Å²) in [5.41, 5.74) is 2.48. The minimum absolute atomic E-state index is 0.0258. The Labute approximate surface area is 145 Å². The molecule has 0 radical (unpaired) electrons. The molecule has 5 heteroatoms. The topological polar surface area (TPSA) is 70.2 Å². The highest BCUT2D eigenvalue weighted by molar-refractivity contribution is 5.85. The molecule has 24 heavy (non-hydrogen) atoms. The Balaban J connectivity index is 2.48. The maximum Gasteiger partial charge on any atom is 0.239 e. The van der Waals surface area contributed by atoms with E-state index in [0.29, 0.717) is 12.5 Å². The second-order valence-electron chi connectivity index (χ2n) is 6.32. The molecule has 0 unspecified atom stereocenters. The van der Waals surface area contributed by atoms with Crippen LogP contribution in [-0.4, -0.2) is 31.4 Å². The first-order chi connectivity index (χ1) is 11.5. The van der Waals surface area contributed by atoms with E-state index in [2.05, 4.69) is 61.0 Å². The first-order valence-electron chi connectivity index (χ1n) is 8.83. The van der Waals surface area contributed by atoms with E-state index in [4.69, 9.17) is 0 Å². The van der Waals surface area contributed by atoms with Gasteiger partial charge in [0.15, 0.2) is 0 Å². The van der Waals surface area contributed by atoms with Crippen LogP contribution in [0.2, 0.25) is 0 Å². The lowest BCUT2D eigenvalue weighted by Crippen LogP contribution is -2.42. The lowest BCUT2D eigenvalue weighted by atomic mass is 9.95. The zero-order valence-corrected chi connectivity index (χ0v) is 15.3. The molecule has 0 fully saturated rings. The maximum atomic E-state index is 11.9. The molecule has 0 bridgehead atoms. The van der Waals surface area contributed by atoms with Gasteiger partial charge in [-0.1, -0.05) is 52.0 Å². The van der Waals surface area contributed by atoms with Crippen LogP contribution in [-0.2, 0) is 16.0 Å². The highest BCUT2D eigenvalue weighted by Gasteiger charge is 2.16. The molecule has 0 heterocycles. The Kier molecular flexibility index (Phi) is 9.08. The zero-order chi connectivity index (χ0) is 17.9. The number of hydrogen-bond donors (Lipinski definition) is 3. The van der Waals surface area contributed by atoms with Crippen molar-refractivity contribution in [2.45, 2.75) is 46.6 Å². The van der Waals surface area contributed by atoms with Crippen LogP contribution in [0.1, 0.15) is 51.3 Å². The minimum atomic E-state index is -0.169. The second-order valence-corrected chi connectivity index (χ2v) is 6.32. The molecular weight excluding hydrogens is 302 g/mol. The molecule has 0 saturated heterocycles. The fraction of sp³-hybridized carbons (Fsp3) is 0.579. The van der Waals surface area contributed by atoms with Crippen molar-refractivity contribution in [2.24, 2.45) is 5.92 Å². The lowest BCUT2D eigenvalue weighted by Gasteiger charge is -2.23. The van der Waals surface area contributed by atoms with Crippen LogP contribution in [0.3, 0.4) is 0 Å². The highest BCUT2D eigenvalue weighted by atomic mass is 16.2. The van der Waals surface area contributed by atoms with Gasteiger partial charge in [-0.05, 0) is 29.9 Å². The number of aryl methyl sites for hydroxylation is 1. The first kappa shape index (κ1) is 20.2. The van der Waals surface area contributed by atoms with Gasteiger partial charge in [0.25, 0.3) is 0 Å². The smallest absolute Gasteiger partial charge is 0.239 e. The van der Waals surface area contributed by atoms with Crippen molar-refractivity contribution in [1.82, 2.24) is 16.0 Å². The zero-order valence-electron chi connectivity index (χ0n) is 15.3. The van der Waals surface area contributed by atoms with E-state index in [1.54, 1.807) is 0 Å². The molecule has 134 valence electrons. The summed E-state index contributed by atoms with van der Waals surface area (Å²) >= 11 is 0. The van der Waals surface area contributed by atoms with Crippen LogP contribution in [0.5, 0.6) is 0 Å². The fourth-order valence-corrected chi connectivity index (χ4v) is 2.47. The summed E-state index contributed by atoms with van der Waals surface area (Å²) in [4.78, 5) is 23.4. The van der Waals surface area contributed by atoms with E-state index in [1.807, 2.05) is 6.92 Å². The molecule has 1 rings (SSSR count). The summed E-state index contributed by atoms with van der Waals surface area (Å²) in [5, 5.41) is 8.67. The van der Waals surface area contributed by atoms with Gasteiger partial charge in [0.05, 0.1) is 13.1 Å².